The summed E-state index contributed by atoms with van der Waals surface area (Å²) in [4.78, 5) is 2.11. The average Bonchev–Trinajstić information content (AvgIpc) is 2.15. The second-order valence-electron chi connectivity index (χ2n) is 3.32. The third-order valence-electron chi connectivity index (χ3n) is 1.76. The summed E-state index contributed by atoms with van der Waals surface area (Å²) in [5.74, 6) is 0. The number of benzene rings is 1. The highest BCUT2D eigenvalue weighted by atomic mass is 79.9. The molecule has 4 heteroatoms. The van der Waals surface area contributed by atoms with Gasteiger partial charge in [-0.1, -0.05) is 45.7 Å². The number of hydrogen-bond donors (Lipinski definition) is 0. The van der Waals surface area contributed by atoms with Gasteiger partial charge in [-0.15, -0.1) is 17.0 Å². The summed E-state index contributed by atoms with van der Waals surface area (Å²) in [6.45, 7) is 0.920. The number of halogens is 3. The lowest BCUT2D eigenvalue weighted by molar-refractivity contribution is 0.457. The molecule has 0 saturated heterocycles. The Balaban J connectivity index is 0.00000196. The van der Waals surface area contributed by atoms with Crippen molar-refractivity contribution in [2.75, 3.05) is 20.6 Å². The van der Waals surface area contributed by atoms with Crippen LogP contribution >= 0.6 is 44.5 Å². The van der Waals surface area contributed by atoms with Crippen molar-refractivity contribution in [3.05, 3.63) is 40.9 Å². The van der Waals surface area contributed by atoms with Crippen LogP contribution in [0.1, 0.15) is 5.56 Å². The zero-order valence-corrected chi connectivity index (χ0v) is 12.8. The number of nitrogens with zero attached hydrogens (tertiary/aromatic N) is 1. The third kappa shape index (κ3) is 5.71. The van der Waals surface area contributed by atoms with E-state index in [0.29, 0.717) is 0 Å². The zero-order chi connectivity index (χ0) is 10.6. The van der Waals surface area contributed by atoms with E-state index >= 15 is 0 Å². The van der Waals surface area contributed by atoms with Gasteiger partial charge in [0.1, 0.15) is 0 Å². The van der Waals surface area contributed by atoms with Crippen molar-refractivity contribution in [1.29, 1.82) is 0 Å². The first-order chi connectivity index (χ1) is 6.59. The van der Waals surface area contributed by atoms with Crippen molar-refractivity contribution < 1.29 is 0 Å². The van der Waals surface area contributed by atoms with Crippen LogP contribution < -0.4 is 0 Å². The Labute approximate surface area is 115 Å². The smallest absolute Gasteiger partial charge is 0.0406 e. The molecule has 0 N–H and O–H groups in total. The van der Waals surface area contributed by atoms with Crippen LogP contribution in [0.5, 0.6) is 0 Å². The highest BCUT2D eigenvalue weighted by molar-refractivity contribution is 9.15. The summed E-state index contributed by atoms with van der Waals surface area (Å²) in [6.07, 6.45) is 2.13. The Hall–Kier alpha value is 0.170. The van der Waals surface area contributed by atoms with Gasteiger partial charge < -0.3 is 4.90 Å². The minimum atomic E-state index is 0. The van der Waals surface area contributed by atoms with E-state index in [-0.39, 0.29) is 17.0 Å². The molecule has 0 atom stereocenters. The molecule has 0 bridgehead atoms. The Morgan fingerprint density at radius 2 is 1.87 bits per heavy atom. The quantitative estimate of drug-likeness (QED) is 0.785. The Morgan fingerprint density at radius 1 is 1.33 bits per heavy atom. The van der Waals surface area contributed by atoms with Gasteiger partial charge in [0, 0.05) is 16.0 Å². The van der Waals surface area contributed by atoms with E-state index in [1.54, 1.807) is 0 Å². The molecule has 84 valence electrons. The van der Waals surface area contributed by atoms with Crippen molar-refractivity contribution in [2.45, 2.75) is 0 Å². The molecule has 1 nitrogen and oxygen atoms in total. The van der Waals surface area contributed by atoms with Gasteiger partial charge in [-0.3, -0.25) is 0 Å². The first kappa shape index (κ1) is 15.2. The molecule has 0 aromatic heterocycles. The average molecular weight is 356 g/mol. The summed E-state index contributed by atoms with van der Waals surface area (Å²) in [7, 11) is 4.08. The SMILES string of the molecule is Br.CN(C)CC=C(Br)c1ccc(Cl)cc1. The fourth-order valence-corrected chi connectivity index (χ4v) is 1.52. The molecule has 0 unspecified atom stereocenters. The van der Waals surface area contributed by atoms with E-state index in [2.05, 4.69) is 26.9 Å². The topological polar surface area (TPSA) is 3.24 Å². The molecular formula is C11H14Br2ClN. The van der Waals surface area contributed by atoms with Gasteiger partial charge in [-0.2, -0.15) is 0 Å². The summed E-state index contributed by atoms with van der Waals surface area (Å²) < 4.78 is 1.10. The largest absolute Gasteiger partial charge is 0.306 e. The summed E-state index contributed by atoms with van der Waals surface area (Å²) in [5.41, 5.74) is 1.15. The maximum absolute atomic E-state index is 5.80. The van der Waals surface area contributed by atoms with Crippen LogP contribution in [0.25, 0.3) is 4.48 Å². The molecule has 0 aliphatic rings. The minimum Gasteiger partial charge on any atom is -0.306 e. The van der Waals surface area contributed by atoms with E-state index < -0.39 is 0 Å². The fraction of sp³-hybridized carbons (Fsp3) is 0.273. The first-order valence-electron chi connectivity index (χ1n) is 4.36. The van der Waals surface area contributed by atoms with Gasteiger partial charge >= 0.3 is 0 Å². The van der Waals surface area contributed by atoms with Crippen molar-refractivity contribution in [3.63, 3.8) is 0 Å². The minimum absolute atomic E-state index is 0. The van der Waals surface area contributed by atoms with Crippen LogP contribution in [0.15, 0.2) is 30.3 Å². The van der Waals surface area contributed by atoms with Gasteiger partial charge in [0.2, 0.25) is 0 Å². The summed E-state index contributed by atoms with van der Waals surface area (Å²) in [6, 6.07) is 7.78. The predicted molar refractivity (Wildman–Crippen MR) is 77.2 cm³/mol. The number of hydrogen-bond acceptors (Lipinski definition) is 1. The van der Waals surface area contributed by atoms with Crippen molar-refractivity contribution in [1.82, 2.24) is 4.90 Å². The van der Waals surface area contributed by atoms with E-state index in [1.807, 2.05) is 38.4 Å². The highest BCUT2D eigenvalue weighted by Gasteiger charge is 1.97. The summed E-state index contributed by atoms with van der Waals surface area (Å²) in [5, 5.41) is 0.765. The Bertz CT molecular complexity index is 320. The lowest BCUT2D eigenvalue weighted by atomic mass is 10.2. The molecular weight excluding hydrogens is 341 g/mol. The highest BCUT2D eigenvalue weighted by Crippen LogP contribution is 2.22. The normalized spacial score (nSPS) is 11.4. The van der Waals surface area contributed by atoms with Crippen molar-refractivity contribution >= 4 is 49.0 Å². The van der Waals surface area contributed by atoms with Gasteiger partial charge in [0.05, 0.1) is 0 Å². The molecule has 0 radical (unpaired) electrons. The second-order valence-corrected chi connectivity index (χ2v) is 4.61. The maximum Gasteiger partial charge on any atom is 0.0406 e. The van der Waals surface area contributed by atoms with E-state index in [4.69, 9.17) is 11.6 Å². The predicted octanol–water partition coefficient (Wildman–Crippen LogP) is 4.22. The molecule has 0 aliphatic carbocycles. The Kier molecular flexibility index (Phi) is 7.53. The molecule has 1 aromatic carbocycles. The zero-order valence-electron chi connectivity index (χ0n) is 8.71. The van der Waals surface area contributed by atoms with Crippen LogP contribution in [0, 0.1) is 0 Å². The third-order valence-corrected chi connectivity index (χ3v) is 2.79. The standard InChI is InChI=1S/C11H13BrClN.BrH/c1-14(2)8-7-11(12)9-3-5-10(13)6-4-9;/h3-7H,8H2,1-2H3;1H. The molecule has 0 spiro atoms. The maximum atomic E-state index is 5.80. The molecule has 0 saturated carbocycles. The molecule has 0 fully saturated rings. The van der Waals surface area contributed by atoms with Gasteiger partial charge in [-0.25, -0.2) is 0 Å². The molecule has 0 amide bonds. The number of likely N-dealkylation sites (N-methyl/N-ethyl adjacent to an activating group) is 1. The monoisotopic (exact) mass is 353 g/mol. The van der Waals surface area contributed by atoms with E-state index in [0.717, 1.165) is 21.6 Å². The van der Waals surface area contributed by atoms with Crippen molar-refractivity contribution in [2.24, 2.45) is 0 Å². The number of rotatable bonds is 3. The van der Waals surface area contributed by atoms with Crippen LogP contribution in [-0.2, 0) is 0 Å². The second kappa shape index (κ2) is 7.44. The summed E-state index contributed by atoms with van der Waals surface area (Å²) >= 11 is 9.33. The van der Waals surface area contributed by atoms with Gasteiger partial charge in [0.15, 0.2) is 0 Å². The van der Waals surface area contributed by atoms with Gasteiger partial charge in [0.25, 0.3) is 0 Å². The first-order valence-corrected chi connectivity index (χ1v) is 5.53. The molecule has 1 aromatic rings. The van der Waals surface area contributed by atoms with E-state index in [1.165, 1.54) is 0 Å². The molecule has 1 rings (SSSR count). The fourth-order valence-electron chi connectivity index (χ4n) is 0.990. The van der Waals surface area contributed by atoms with Crippen LogP contribution in [0.2, 0.25) is 5.02 Å². The molecule has 0 aliphatic heterocycles. The van der Waals surface area contributed by atoms with Crippen molar-refractivity contribution in [3.8, 4) is 0 Å². The van der Waals surface area contributed by atoms with Crippen LogP contribution in [-0.4, -0.2) is 25.5 Å². The molecule has 0 heterocycles. The van der Waals surface area contributed by atoms with E-state index in [9.17, 15) is 0 Å². The molecule has 15 heavy (non-hydrogen) atoms. The lowest BCUT2D eigenvalue weighted by Gasteiger charge is -2.06. The van der Waals surface area contributed by atoms with Gasteiger partial charge in [-0.05, 0) is 31.8 Å². The lowest BCUT2D eigenvalue weighted by Crippen LogP contribution is -2.10. The van der Waals surface area contributed by atoms with Crippen LogP contribution in [0.3, 0.4) is 0 Å². The van der Waals surface area contributed by atoms with Crippen LogP contribution in [0.4, 0.5) is 0 Å². The Morgan fingerprint density at radius 3 is 2.33 bits per heavy atom.